The molecule has 0 radical (unpaired) electrons. The molecule has 0 bridgehead atoms. The third-order valence-corrected chi connectivity index (χ3v) is 3.24. The number of anilines is 1. The molecule has 1 atom stereocenters. The maximum absolute atomic E-state index is 13.5. The molecule has 5 heteroatoms. The summed E-state index contributed by atoms with van der Waals surface area (Å²) in [7, 11) is 1.43. The van der Waals surface area contributed by atoms with Crippen molar-refractivity contribution < 1.29 is 13.6 Å². The van der Waals surface area contributed by atoms with Crippen LogP contribution in [-0.2, 0) is 0 Å². The van der Waals surface area contributed by atoms with Crippen molar-refractivity contribution in [2.24, 2.45) is 5.92 Å². The number of hydrogen-bond donors (Lipinski definition) is 2. The minimum absolute atomic E-state index is 0.0106. The lowest BCUT2D eigenvalue weighted by Crippen LogP contribution is -2.34. The van der Waals surface area contributed by atoms with Gasteiger partial charge in [0.25, 0.3) is 5.91 Å². The van der Waals surface area contributed by atoms with Crippen molar-refractivity contribution in [2.75, 3.05) is 12.4 Å². The van der Waals surface area contributed by atoms with Crippen molar-refractivity contribution in [3.8, 4) is 0 Å². The zero-order valence-electron chi connectivity index (χ0n) is 10.4. The molecule has 3 nitrogen and oxygen atoms in total. The number of carbonyl (C=O) groups excluding carboxylic acids is 1. The predicted molar refractivity (Wildman–Crippen MR) is 65.6 cm³/mol. The maximum Gasteiger partial charge on any atom is 0.251 e. The van der Waals surface area contributed by atoms with Crippen LogP contribution in [0.1, 0.15) is 30.1 Å². The van der Waals surface area contributed by atoms with Gasteiger partial charge >= 0.3 is 0 Å². The van der Waals surface area contributed by atoms with Gasteiger partial charge in [-0.05, 0) is 37.8 Å². The Morgan fingerprint density at radius 2 is 1.89 bits per heavy atom. The lowest BCUT2D eigenvalue weighted by atomic mass is 10.1. The highest BCUT2D eigenvalue weighted by atomic mass is 19.1. The summed E-state index contributed by atoms with van der Waals surface area (Å²) in [4.78, 5) is 11.8. The van der Waals surface area contributed by atoms with Gasteiger partial charge in [-0.1, -0.05) is 0 Å². The molecule has 2 rings (SSSR count). The zero-order valence-corrected chi connectivity index (χ0v) is 10.4. The summed E-state index contributed by atoms with van der Waals surface area (Å²) in [5.74, 6) is -1.46. The van der Waals surface area contributed by atoms with Crippen molar-refractivity contribution in [2.45, 2.75) is 25.8 Å². The van der Waals surface area contributed by atoms with Crippen LogP contribution in [0.4, 0.5) is 14.5 Å². The van der Waals surface area contributed by atoms with Crippen LogP contribution in [0.25, 0.3) is 0 Å². The molecule has 1 unspecified atom stereocenters. The second-order valence-electron chi connectivity index (χ2n) is 4.66. The van der Waals surface area contributed by atoms with Crippen molar-refractivity contribution >= 4 is 11.6 Å². The average Bonchev–Trinajstić information content (AvgIpc) is 3.12. The highest BCUT2D eigenvalue weighted by Crippen LogP contribution is 2.32. The van der Waals surface area contributed by atoms with Crippen LogP contribution in [-0.4, -0.2) is 19.0 Å². The number of nitrogens with one attached hydrogen (secondary N) is 2. The molecular weight excluding hydrogens is 238 g/mol. The fourth-order valence-electron chi connectivity index (χ4n) is 1.95. The average molecular weight is 254 g/mol. The standard InChI is InChI=1S/C13H16F2N2O/c1-7(8-3-4-8)17-13(18)9-5-10(14)12(16-2)11(15)6-9/h5-8,16H,3-4H2,1-2H3,(H,17,18). The molecule has 0 spiro atoms. The van der Waals surface area contributed by atoms with E-state index in [1.165, 1.54) is 7.05 Å². The second kappa shape index (κ2) is 4.92. The first-order valence-corrected chi connectivity index (χ1v) is 6.00. The Kier molecular flexibility index (Phi) is 3.50. The van der Waals surface area contributed by atoms with Gasteiger partial charge in [-0.3, -0.25) is 4.79 Å². The summed E-state index contributed by atoms with van der Waals surface area (Å²) < 4.78 is 27.0. The lowest BCUT2D eigenvalue weighted by Gasteiger charge is -2.13. The van der Waals surface area contributed by atoms with E-state index < -0.39 is 17.5 Å². The smallest absolute Gasteiger partial charge is 0.251 e. The Labute approximate surface area is 105 Å². The molecule has 0 aromatic heterocycles. The number of amides is 1. The van der Waals surface area contributed by atoms with E-state index >= 15 is 0 Å². The van der Waals surface area contributed by atoms with E-state index in [1.807, 2.05) is 6.92 Å². The Morgan fingerprint density at radius 1 is 1.33 bits per heavy atom. The molecule has 98 valence electrons. The largest absolute Gasteiger partial charge is 0.383 e. The van der Waals surface area contributed by atoms with Crippen LogP contribution in [0.3, 0.4) is 0 Å². The third kappa shape index (κ3) is 2.60. The van der Waals surface area contributed by atoms with Crippen LogP contribution < -0.4 is 10.6 Å². The van der Waals surface area contributed by atoms with Crippen LogP contribution in [0.2, 0.25) is 0 Å². The first-order valence-electron chi connectivity index (χ1n) is 6.00. The molecule has 1 aliphatic rings. The Bertz CT molecular complexity index is 449. The summed E-state index contributed by atoms with van der Waals surface area (Å²) in [5.41, 5.74) is -0.210. The number of hydrogen-bond acceptors (Lipinski definition) is 2. The Hall–Kier alpha value is -1.65. The molecule has 2 N–H and O–H groups in total. The molecule has 1 aromatic carbocycles. The van der Waals surface area contributed by atoms with E-state index in [2.05, 4.69) is 10.6 Å². The quantitative estimate of drug-likeness (QED) is 0.867. The van der Waals surface area contributed by atoms with E-state index in [-0.39, 0.29) is 17.3 Å². The van der Waals surface area contributed by atoms with E-state index in [4.69, 9.17) is 0 Å². The van der Waals surface area contributed by atoms with Crippen LogP contribution in [0.5, 0.6) is 0 Å². The molecule has 1 saturated carbocycles. The van der Waals surface area contributed by atoms with E-state index in [9.17, 15) is 13.6 Å². The van der Waals surface area contributed by atoms with E-state index in [0.717, 1.165) is 25.0 Å². The van der Waals surface area contributed by atoms with Gasteiger partial charge in [-0.15, -0.1) is 0 Å². The van der Waals surface area contributed by atoms with Gasteiger partial charge in [-0.25, -0.2) is 8.78 Å². The third-order valence-electron chi connectivity index (χ3n) is 3.24. The molecule has 1 fully saturated rings. The van der Waals surface area contributed by atoms with Crippen LogP contribution in [0.15, 0.2) is 12.1 Å². The molecule has 0 heterocycles. The monoisotopic (exact) mass is 254 g/mol. The summed E-state index contributed by atoms with van der Waals surface area (Å²) >= 11 is 0. The minimum atomic E-state index is -0.762. The first-order chi connectivity index (χ1) is 8.52. The summed E-state index contributed by atoms with van der Waals surface area (Å²) in [6, 6.07) is 2.14. The highest BCUT2D eigenvalue weighted by molar-refractivity contribution is 5.94. The van der Waals surface area contributed by atoms with Crippen molar-refractivity contribution in [1.29, 1.82) is 0 Å². The van der Waals surface area contributed by atoms with Crippen LogP contribution >= 0.6 is 0 Å². The van der Waals surface area contributed by atoms with Gasteiger partial charge in [-0.2, -0.15) is 0 Å². The summed E-state index contributed by atoms with van der Waals surface area (Å²) in [5, 5.41) is 5.17. The number of halogens is 2. The fourth-order valence-corrected chi connectivity index (χ4v) is 1.95. The van der Waals surface area contributed by atoms with Gasteiger partial charge in [0, 0.05) is 18.7 Å². The van der Waals surface area contributed by atoms with Crippen molar-refractivity contribution in [1.82, 2.24) is 5.32 Å². The molecule has 1 amide bonds. The topological polar surface area (TPSA) is 41.1 Å². The number of rotatable bonds is 4. The van der Waals surface area contributed by atoms with E-state index in [1.54, 1.807) is 0 Å². The SMILES string of the molecule is CNc1c(F)cc(C(=O)NC(C)C2CC2)cc1F. The molecule has 0 aliphatic heterocycles. The number of benzene rings is 1. The maximum atomic E-state index is 13.5. The predicted octanol–water partition coefficient (Wildman–Crippen LogP) is 2.53. The minimum Gasteiger partial charge on any atom is -0.383 e. The van der Waals surface area contributed by atoms with Gasteiger partial charge in [0.1, 0.15) is 17.3 Å². The van der Waals surface area contributed by atoms with Gasteiger partial charge in [0.2, 0.25) is 0 Å². The molecule has 1 aliphatic carbocycles. The van der Waals surface area contributed by atoms with Gasteiger partial charge in [0.05, 0.1) is 0 Å². The van der Waals surface area contributed by atoms with Crippen molar-refractivity contribution in [3.63, 3.8) is 0 Å². The van der Waals surface area contributed by atoms with Crippen molar-refractivity contribution in [3.05, 3.63) is 29.3 Å². The summed E-state index contributed by atoms with van der Waals surface area (Å²) in [6.45, 7) is 1.91. The molecule has 18 heavy (non-hydrogen) atoms. The van der Waals surface area contributed by atoms with E-state index in [0.29, 0.717) is 5.92 Å². The van der Waals surface area contributed by atoms with Crippen LogP contribution in [0, 0.1) is 17.6 Å². The Balaban J connectivity index is 2.14. The lowest BCUT2D eigenvalue weighted by molar-refractivity contribution is 0.0935. The zero-order chi connectivity index (χ0) is 13.3. The fraction of sp³-hybridized carbons (Fsp3) is 0.462. The second-order valence-corrected chi connectivity index (χ2v) is 4.66. The van der Waals surface area contributed by atoms with Gasteiger partial charge in [0.15, 0.2) is 0 Å². The molecule has 1 aromatic rings. The van der Waals surface area contributed by atoms with Gasteiger partial charge < -0.3 is 10.6 Å². The molecular formula is C13H16F2N2O. The normalized spacial score (nSPS) is 16.2. The molecule has 0 saturated heterocycles. The number of carbonyl (C=O) groups is 1. The summed E-state index contributed by atoms with van der Waals surface area (Å²) in [6.07, 6.45) is 2.20. The highest BCUT2D eigenvalue weighted by Gasteiger charge is 2.29. The first kappa shape index (κ1) is 12.8. The Morgan fingerprint density at radius 3 is 2.33 bits per heavy atom.